The zero-order chi connectivity index (χ0) is 13.2. The predicted octanol–water partition coefficient (Wildman–Crippen LogP) is 3.71. The van der Waals surface area contributed by atoms with Crippen molar-refractivity contribution in [3.05, 3.63) is 33.9 Å². The minimum atomic E-state index is 0.564. The molecule has 1 heteroatoms. The molecule has 1 nitrogen and oxygen atoms in total. The van der Waals surface area contributed by atoms with Crippen LogP contribution in [-0.2, 0) is 6.42 Å². The Hall–Kier alpha value is -0.820. The van der Waals surface area contributed by atoms with E-state index in [1.54, 1.807) is 0 Å². The van der Waals surface area contributed by atoms with Gasteiger partial charge in [-0.15, -0.1) is 0 Å². The Labute approximate surface area is 107 Å². The van der Waals surface area contributed by atoms with Gasteiger partial charge in [-0.05, 0) is 74.9 Å². The maximum atomic E-state index is 3.44. The van der Waals surface area contributed by atoms with E-state index in [9.17, 15) is 0 Å². The van der Waals surface area contributed by atoms with Gasteiger partial charge < -0.3 is 5.32 Å². The molecule has 0 heterocycles. The molecule has 1 aromatic carbocycles. The number of rotatable bonds is 4. The van der Waals surface area contributed by atoms with Crippen LogP contribution in [0.15, 0.2) is 6.07 Å². The number of benzene rings is 1. The van der Waals surface area contributed by atoms with E-state index in [0.717, 1.165) is 6.42 Å². The maximum Gasteiger partial charge on any atom is 0.0128 e. The lowest BCUT2D eigenvalue weighted by atomic mass is 9.87. The predicted molar refractivity (Wildman–Crippen MR) is 76.8 cm³/mol. The van der Waals surface area contributed by atoms with Crippen molar-refractivity contribution in [2.45, 2.75) is 54.0 Å². The molecule has 1 atom stereocenters. The first-order chi connectivity index (χ1) is 7.88. The van der Waals surface area contributed by atoms with Crippen molar-refractivity contribution in [2.75, 3.05) is 7.05 Å². The second-order valence-electron chi connectivity index (χ2n) is 5.58. The lowest BCUT2D eigenvalue weighted by Gasteiger charge is -2.24. The molecule has 17 heavy (non-hydrogen) atoms. The van der Waals surface area contributed by atoms with Crippen molar-refractivity contribution in [3.63, 3.8) is 0 Å². The second-order valence-corrected chi connectivity index (χ2v) is 5.58. The number of aryl methyl sites for hydroxylation is 2. The van der Waals surface area contributed by atoms with Crippen molar-refractivity contribution in [3.8, 4) is 0 Å². The molecule has 1 N–H and O–H groups in total. The monoisotopic (exact) mass is 233 g/mol. The molecule has 0 radical (unpaired) electrons. The van der Waals surface area contributed by atoms with Crippen molar-refractivity contribution in [1.29, 1.82) is 0 Å². The first kappa shape index (κ1) is 14.2. The fourth-order valence-electron chi connectivity index (χ4n) is 2.50. The summed E-state index contributed by atoms with van der Waals surface area (Å²) in [7, 11) is 2.07. The average Bonchev–Trinajstić information content (AvgIpc) is 2.26. The van der Waals surface area contributed by atoms with E-state index in [2.05, 4.69) is 60.0 Å². The standard InChI is InChI=1S/C16H27N/c1-10(2)16(17-7)9-15-13(5)11(3)8-12(4)14(15)6/h8,10,16-17H,9H2,1-7H3. The summed E-state index contributed by atoms with van der Waals surface area (Å²) in [6, 6.07) is 2.87. The lowest BCUT2D eigenvalue weighted by Crippen LogP contribution is -2.33. The van der Waals surface area contributed by atoms with Crippen molar-refractivity contribution < 1.29 is 0 Å². The minimum absolute atomic E-state index is 0.564. The normalized spacial score (nSPS) is 13.2. The van der Waals surface area contributed by atoms with E-state index < -0.39 is 0 Å². The lowest BCUT2D eigenvalue weighted by molar-refractivity contribution is 0.423. The molecular weight excluding hydrogens is 206 g/mol. The van der Waals surface area contributed by atoms with Crippen LogP contribution >= 0.6 is 0 Å². The van der Waals surface area contributed by atoms with Crippen LogP contribution < -0.4 is 5.32 Å². The fourth-order valence-corrected chi connectivity index (χ4v) is 2.50. The van der Waals surface area contributed by atoms with E-state index in [4.69, 9.17) is 0 Å². The fraction of sp³-hybridized carbons (Fsp3) is 0.625. The molecule has 0 aliphatic heterocycles. The zero-order valence-corrected chi connectivity index (χ0v) is 12.4. The zero-order valence-electron chi connectivity index (χ0n) is 12.4. The summed E-state index contributed by atoms with van der Waals surface area (Å²) >= 11 is 0. The van der Waals surface area contributed by atoms with Gasteiger partial charge in [0.05, 0.1) is 0 Å². The molecule has 96 valence electrons. The van der Waals surface area contributed by atoms with Crippen LogP contribution in [0, 0.1) is 33.6 Å². The van der Waals surface area contributed by atoms with Gasteiger partial charge in [0, 0.05) is 6.04 Å². The average molecular weight is 233 g/mol. The Kier molecular flexibility index (Phi) is 4.76. The van der Waals surface area contributed by atoms with Crippen LogP contribution in [0.5, 0.6) is 0 Å². The molecule has 0 aliphatic rings. The molecule has 0 aliphatic carbocycles. The molecule has 1 aromatic rings. The van der Waals surface area contributed by atoms with Gasteiger partial charge in [0.2, 0.25) is 0 Å². The molecule has 0 spiro atoms. The Morgan fingerprint density at radius 3 is 1.82 bits per heavy atom. The summed E-state index contributed by atoms with van der Waals surface area (Å²) in [6.07, 6.45) is 1.13. The van der Waals surface area contributed by atoms with Crippen LogP contribution in [0.3, 0.4) is 0 Å². The highest BCUT2D eigenvalue weighted by Crippen LogP contribution is 2.24. The SMILES string of the molecule is CNC(Cc1c(C)c(C)cc(C)c1C)C(C)C. The maximum absolute atomic E-state index is 3.44. The topological polar surface area (TPSA) is 12.0 Å². The van der Waals surface area contributed by atoms with E-state index in [1.807, 2.05) is 0 Å². The van der Waals surface area contributed by atoms with Crippen molar-refractivity contribution in [1.82, 2.24) is 5.32 Å². The Bertz CT molecular complexity index is 365. The summed E-state index contributed by atoms with van der Waals surface area (Å²) < 4.78 is 0. The largest absolute Gasteiger partial charge is 0.316 e. The van der Waals surface area contributed by atoms with Gasteiger partial charge in [-0.1, -0.05) is 19.9 Å². The minimum Gasteiger partial charge on any atom is -0.316 e. The number of nitrogens with one attached hydrogen (secondary N) is 1. The van der Waals surface area contributed by atoms with Gasteiger partial charge in [0.1, 0.15) is 0 Å². The van der Waals surface area contributed by atoms with E-state index in [-0.39, 0.29) is 0 Å². The third-order valence-corrected chi connectivity index (χ3v) is 4.12. The molecule has 0 amide bonds. The highest BCUT2D eigenvalue weighted by atomic mass is 14.9. The first-order valence-electron chi connectivity index (χ1n) is 6.62. The summed E-state index contributed by atoms with van der Waals surface area (Å²) in [5.74, 6) is 0.666. The van der Waals surface area contributed by atoms with Gasteiger partial charge in [-0.3, -0.25) is 0 Å². The Morgan fingerprint density at radius 2 is 1.47 bits per heavy atom. The van der Waals surface area contributed by atoms with Crippen LogP contribution in [0.1, 0.15) is 41.7 Å². The van der Waals surface area contributed by atoms with Crippen molar-refractivity contribution >= 4 is 0 Å². The van der Waals surface area contributed by atoms with Gasteiger partial charge in [0.25, 0.3) is 0 Å². The van der Waals surface area contributed by atoms with Gasteiger partial charge in [0.15, 0.2) is 0 Å². The number of hydrogen-bond donors (Lipinski definition) is 1. The smallest absolute Gasteiger partial charge is 0.0128 e. The van der Waals surface area contributed by atoms with Crippen LogP contribution in [0.25, 0.3) is 0 Å². The number of hydrogen-bond acceptors (Lipinski definition) is 1. The second kappa shape index (κ2) is 5.68. The highest BCUT2D eigenvalue weighted by Gasteiger charge is 2.16. The van der Waals surface area contributed by atoms with Crippen molar-refractivity contribution in [2.24, 2.45) is 5.92 Å². The van der Waals surface area contributed by atoms with E-state index >= 15 is 0 Å². The van der Waals surface area contributed by atoms with Gasteiger partial charge in [-0.25, -0.2) is 0 Å². The number of likely N-dealkylation sites (N-methyl/N-ethyl adjacent to an activating group) is 1. The Balaban J connectivity index is 3.13. The first-order valence-corrected chi connectivity index (χ1v) is 6.62. The summed E-state index contributed by atoms with van der Waals surface area (Å²) in [4.78, 5) is 0. The molecule has 1 rings (SSSR count). The molecule has 0 saturated carbocycles. The highest BCUT2D eigenvalue weighted by molar-refractivity contribution is 5.44. The molecule has 0 aromatic heterocycles. The third kappa shape index (κ3) is 3.10. The molecule has 0 saturated heterocycles. The van der Waals surface area contributed by atoms with Gasteiger partial charge in [-0.2, -0.15) is 0 Å². The molecule has 0 bridgehead atoms. The quantitative estimate of drug-likeness (QED) is 0.836. The van der Waals surface area contributed by atoms with E-state index in [0.29, 0.717) is 12.0 Å². The molecule has 0 fully saturated rings. The van der Waals surface area contributed by atoms with E-state index in [1.165, 1.54) is 27.8 Å². The summed E-state index contributed by atoms with van der Waals surface area (Å²) in [5, 5.41) is 3.44. The van der Waals surface area contributed by atoms with Crippen LogP contribution in [-0.4, -0.2) is 13.1 Å². The molecule has 1 unspecified atom stereocenters. The summed E-state index contributed by atoms with van der Waals surface area (Å²) in [6.45, 7) is 13.5. The van der Waals surface area contributed by atoms with Crippen LogP contribution in [0.4, 0.5) is 0 Å². The van der Waals surface area contributed by atoms with Crippen LogP contribution in [0.2, 0.25) is 0 Å². The third-order valence-electron chi connectivity index (χ3n) is 4.12. The van der Waals surface area contributed by atoms with Gasteiger partial charge >= 0.3 is 0 Å². The molecular formula is C16H27N. The Morgan fingerprint density at radius 1 is 1.00 bits per heavy atom. The summed E-state index contributed by atoms with van der Waals surface area (Å²) in [5.41, 5.74) is 7.31.